The van der Waals surface area contributed by atoms with Crippen LogP contribution in [-0.4, -0.2) is 25.7 Å². The maximum Gasteiger partial charge on any atom is 0.303 e. The molecule has 0 aliphatic heterocycles. The first-order chi connectivity index (χ1) is 8.79. The Balaban J connectivity index is 3.17. The zero-order valence-corrected chi connectivity index (χ0v) is 11.9. The zero-order chi connectivity index (χ0) is 14.5. The molecule has 0 radical (unpaired) electrons. The number of carboxylic acid groups (broad SMARTS) is 1. The summed E-state index contributed by atoms with van der Waals surface area (Å²) in [6.07, 6.45) is 1.69. The fourth-order valence-electron chi connectivity index (χ4n) is 2.14. The Morgan fingerprint density at radius 1 is 1.32 bits per heavy atom. The van der Waals surface area contributed by atoms with Crippen molar-refractivity contribution in [3.05, 3.63) is 35.9 Å². The highest BCUT2D eigenvalue weighted by Gasteiger charge is 2.33. The van der Waals surface area contributed by atoms with Gasteiger partial charge in [0.05, 0.1) is 11.8 Å². The molecule has 6 heteroatoms. The number of carboxylic acids is 1. The van der Waals surface area contributed by atoms with Gasteiger partial charge in [-0.2, -0.15) is 0 Å². The summed E-state index contributed by atoms with van der Waals surface area (Å²) in [5, 5.41) is 8.84. The molecule has 0 amide bonds. The molecule has 5 nitrogen and oxygen atoms in total. The molecule has 0 saturated carbocycles. The Morgan fingerprint density at radius 3 is 2.32 bits per heavy atom. The van der Waals surface area contributed by atoms with Crippen molar-refractivity contribution in [3.8, 4) is 0 Å². The maximum atomic E-state index is 11.6. The van der Waals surface area contributed by atoms with Crippen molar-refractivity contribution >= 4 is 16.0 Å². The van der Waals surface area contributed by atoms with Crippen molar-refractivity contribution in [3.63, 3.8) is 0 Å². The average molecular weight is 285 g/mol. The summed E-state index contributed by atoms with van der Waals surface area (Å²) in [5.74, 6) is -0.941. The van der Waals surface area contributed by atoms with Crippen molar-refractivity contribution in [2.24, 2.45) is 0 Å². The van der Waals surface area contributed by atoms with E-state index in [1.807, 2.05) is 37.3 Å². The van der Waals surface area contributed by atoms with E-state index in [4.69, 9.17) is 5.11 Å². The molecule has 0 aromatic heterocycles. The SMILES string of the molecule is CCC(CCC(=O)O)(NS(C)(=O)=O)c1ccccc1. The molecule has 0 bridgehead atoms. The molecule has 0 spiro atoms. The lowest BCUT2D eigenvalue weighted by Crippen LogP contribution is -2.45. The van der Waals surface area contributed by atoms with E-state index in [-0.39, 0.29) is 12.8 Å². The molecular formula is C13H19NO4S. The molecule has 0 aliphatic carbocycles. The molecule has 1 atom stereocenters. The van der Waals surface area contributed by atoms with Crippen LogP contribution < -0.4 is 4.72 Å². The second-order valence-electron chi connectivity index (χ2n) is 4.57. The second kappa shape index (κ2) is 6.16. The van der Waals surface area contributed by atoms with Gasteiger partial charge in [-0.1, -0.05) is 37.3 Å². The number of rotatable bonds is 7. The summed E-state index contributed by atoms with van der Waals surface area (Å²) in [7, 11) is -3.43. The molecule has 0 fully saturated rings. The minimum absolute atomic E-state index is 0.0920. The third-order valence-corrected chi connectivity index (χ3v) is 3.84. The second-order valence-corrected chi connectivity index (χ2v) is 6.32. The monoisotopic (exact) mass is 285 g/mol. The Morgan fingerprint density at radius 2 is 1.89 bits per heavy atom. The predicted octanol–water partition coefficient (Wildman–Crippen LogP) is 1.71. The Bertz CT molecular complexity index is 527. The zero-order valence-electron chi connectivity index (χ0n) is 11.1. The molecule has 1 aromatic carbocycles. The van der Waals surface area contributed by atoms with E-state index in [1.165, 1.54) is 0 Å². The van der Waals surface area contributed by atoms with Gasteiger partial charge in [0.15, 0.2) is 0 Å². The predicted molar refractivity (Wildman–Crippen MR) is 73.3 cm³/mol. The van der Waals surface area contributed by atoms with Gasteiger partial charge in [0.25, 0.3) is 0 Å². The van der Waals surface area contributed by atoms with E-state index in [1.54, 1.807) is 0 Å². The summed E-state index contributed by atoms with van der Waals surface area (Å²) in [4.78, 5) is 10.8. The van der Waals surface area contributed by atoms with E-state index >= 15 is 0 Å². The topological polar surface area (TPSA) is 83.5 Å². The number of aliphatic carboxylic acids is 1. The molecule has 0 heterocycles. The van der Waals surface area contributed by atoms with E-state index in [0.29, 0.717) is 6.42 Å². The molecule has 0 aliphatic rings. The maximum absolute atomic E-state index is 11.6. The largest absolute Gasteiger partial charge is 0.481 e. The lowest BCUT2D eigenvalue weighted by Gasteiger charge is -2.33. The fraction of sp³-hybridized carbons (Fsp3) is 0.462. The van der Waals surface area contributed by atoms with Crippen molar-refractivity contribution < 1.29 is 18.3 Å². The molecule has 0 saturated heterocycles. The van der Waals surface area contributed by atoms with Crippen LogP contribution in [0.4, 0.5) is 0 Å². The molecule has 106 valence electrons. The van der Waals surface area contributed by atoms with E-state index < -0.39 is 21.5 Å². The quantitative estimate of drug-likeness (QED) is 0.798. The van der Waals surface area contributed by atoms with E-state index in [9.17, 15) is 13.2 Å². The van der Waals surface area contributed by atoms with Crippen molar-refractivity contribution in [2.45, 2.75) is 31.7 Å². The Hall–Kier alpha value is -1.40. The summed E-state index contributed by atoms with van der Waals surface area (Å²) in [6, 6.07) is 9.07. The number of hydrogen-bond acceptors (Lipinski definition) is 3. The summed E-state index contributed by atoms with van der Waals surface area (Å²) >= 11 is 0. The van der Waals surface area contributed by atoms with Crippen molar-refractivity contribution in [1.29, 1.82) is 0 Å². The van der Waals surface area contributed by atoms with Crippen LogP contribution in [0.3, 0.4) is 0 Å². The van der Waals surface area contributed by atoms with Gasteiger partial charge in [0.2, 0.25) is 10.0 Å². The highest BCUT2D eigenvalue weighted by atomic mass is 32.2. The first-order valence-electron chi connectivity index (χ1n) is 6.05. The molecule has 19 heavy (non-hydrogen) atoms. The van der Waals surface area contributed by atoms with Gasteiger partial charge in [0.1, 0.15) is 0 Å². The first-order valence-corrected chi connectivity index (χ1v) is 7.94. The molecular weight excluding hydrogens is 266 g/mol. The number of carbonyl (C=O) groups is 1. The van der Waals surface area contributed by atoms with Gasteiger partial charge in [-0.15, -0.1) is 0 Å². The van der Waals surface area contributed by atoms with E-state index in [2.05, 4.69) is 4.72 Å². The van der Waals surface area contributed by atoms with Gasteiger partial charge in [-0.3, -0.25) is 4.79 Å². The fourth-order valence-corrected chi connectivity index (χ4v) is 3.21. The van der Waals surface area contributed by atoms with Crippen molar-refractivity contribution in [1.82, 2.24) is 4.72 Å². The normalized spacial score (nSPS) is 14.8. The lowest BCUT2D eigenvalue weighted by molar-refractivity contribution is -0.137. The standard InChI is InChI=1S/C13H19NO4S/c1-3-13(10-9-12(15)16,14-19(2,17)18)11-7-5-4-6-8-11/h4-8,14H,3,9-10H2,1-2H3,(H,15,16). The Labute approximate surface area is 113 Å². The van der Waals surface area contributed by atoms with Crippen LogP contribution in [0, 0.1) is 0 Å². The van der Waals surface area contributed by atoms with Gasteiger partial charge in [-0.05, 0) is 18.4 Å². The van der Waals surface area contributed by atoms with Crippen LogP contribution >= 0.6 is 0 Å². The number of hydrogen-bond donors (Lipinski definition) is 2. The van der Waals surface area contributed by atoms with E-state index in [0.717, 1.165) is 11.8 Å². The van der Waals surface area contributed by atoms with Crippen LogP contribution in [-0.2, 0) is 20.4 Å². The van der Waals surface area contributed by atoms with Crippen LogP contribution in [0.1, 0.15) is 31.7 Å². The summed E-state index contributed by atoms with van der Waals surface area (Å²) < 4.78 is 25.7. The molecule has 2 N–H and O–H groups in total. The lowest BCUT2D eigenvalue weighted by atomic mass is 9.84. The minimum atomic E-state index is -3.43. The Kier molecular flexibility index (Phi) is 5.08. The van der Waals surface area contributed by atoms with Crippen LogP contribution in [0.2, 0.25) is 0 Å². The van der Waals surface area contributed by atoms with Crippen LogP contribution in [0.15, 0.2) is 30.3 Å². The third-order valence-electron chi connectivity index (χ3n) is 3.08. The smallest absolute Gasteiger partial charge is 0.303 e. The number of benzene rings is 1. The van der Waals surface area contributed by atoms with Crippen LogP contribution in [0.25, 0.3) is 0 Å². The van der Waals surface area contributed by atoms with Gasteiger partial charge in [0, 0.05) is 6.42 Å². The average Bonchev–Trinajstić information content (AvgIpc) is 2.34. The van der Waals surface area contributed by atoms with Crippen LogP contribution in [0.5, 0.6) is 0 Å². The molecule has 1 rings (SSSR count). The number of nitrogens with one attached hydrogen (secondary N) is 1. The van der Waals surface area contributed by atoms with Gasteiger partial charge < -0.3 is 5.11 Å². The highest BCUT2D eigenvalue weighted by Crippen LogP contribution is 2.30. The molecule has 1 unspecified atom stereocenters. The molecule has 1 aromatic rings. The van der Waals surface area contributed by atoms with Gasteiger partial charge >= 0.3 is 5.97 Å². The van der Waals surface area contributed by atoms with Crippen molar-refractivity contribution in [2.75, 3.05) is 6.26 Å². The summed E-state index contributed by atoms with van der Waals surface area (Å²) in [6.45, 7) is 1.84. The minimum Gasteiger partial charge on any atom is -0.481 e. The summed E-state index contributed by atoms with van der Waals surface area (Å²) in [5.41, 5.74) is -0.0862. The third kappa shape index (κ3) is 4.65. The first kappa shape index (κ1) is 15.7. The number of sulfonamides is 1. The van der Waals surface area contributed by atoms with Gasteiger partial charge in [-0.25, -0.2) is 13.1 Å². The highest BCUT2D eigenvalue weighted by molar-refractivity contribution is 7.88.